The zero-order valence-electron chi connectivity index (χ0n) is 13.5. The predicted octanol–water partition coefficient (Wildman–Crippen LogP) is 5.21. The molecule has 1 aliphatic rings. The van der Waals surface area contributed by atoms with Crippen molar-refractivity contribution in [2.75, 3.05) is 0 Å². The van der Waals surface area contributed by atoms with Gasteiger partial charge in [0.15, 0.2) is 0 Å². The molecule has 114 valence electrons. The van der Waals surface area contributed by atoms with Gasteiger partial charge >= 0.3 is 5.97 Å². The van der Waals surface area contributed by atoms with Crippen LogP contribution < -0.4 is 0 Å². The van der Waals surface area contributed by atoms with E-state index in [0.717, 1.165) is 11.6 Å². The van der Waals surface area contributed by atoms with Gasteiger partial charge < -0.3 is 5.11 Å². The molecule has 0 saturated heterocycles. The number of carboxylic acids is 1. The smallest absolute Gasteiger partial charge is 0.328 e. The summed E-state index contributed by atoms with van der Waals surface area (Å²) in [5.74, 6) is -0.929. The summed E-state index contributed by atoms with van der Waals surface area (Å²) in [6.07, 6.45) is 16.3. The second-order valence-electron chi connectivity index (χ2n) is 6.26. The van der Waals surface area contributed by atoms with E-state index in [-0.39, 0.29) is 5.41 Å². The maximum atomic E-state index is 10.3. The van der Waals surface area contributed by atoms with Crippen LogP contribution in [0.25, 0.3) is 0 Å². The Labute approximate surface area is 128 Å². The molecular weight excluding hydrogens is 260 g/mol. The topological polar surface area (TPSA) is 37.3 Å². The van der Waals surface area contributed by atoms with Crippen LogP contribution in [0, 0.1) is 5.41 Å². The molecule has 0 fully saturated rings. The fourth-order valence-corrected chi connectivity index (χ4v) is 2.69. The van der Waals surface area contributed by atoms with Crippen molar-refractivity contribution in [2.24, 2.45) is 5.41 Å². The number of aliphatic carboxylic acids is 1. The normalized spacial score (nSPS) is 20.1. The van der Waals surface area contributed by atoms with Crippen LogP contribution in [-0.2, 0) is 4.79 Å². The Morgan fingerprint density at radius 2 is 1.90 bits per heavy atom. The Morgan fingerprint density at radius 1 is 1.19 bits per heavy atom. The van der Waals surface area contributed by atoms with Crippen molar-refractivity contribution >= 4 is 5.97 Å². The standard InChI is InChI=1S/C19H26O2/c1-15(9-6-5-7-11-18(20)21)12-13-17-16(2)10-8-14-19(17,3)4/h5-7,9,11-13H,8,10,14H2,1-4H3,(H,20,21)/b6-5+,11-7-,13-12+,15-9+. The summed E-state index contributed by atoms with van der Waals surface area (Å²) >= 11 is 0. The highest BCUT2D eigenvalue weighted by atomic mass is 16.4. The molecule has 0 saturated carbocycles. The van der Waals surface area contributed by atoms with Crippen molar-refractivity contribution in [3.63, 3.8) is 0 Å². The lowest BCUT2D eigenvalue weighted by Crippen LogP contribution is -2.19. The first kappa shape index (κ1) is 17.2. The minimum absolute atomic E-state index is 0.263. The van der Waals surface area contributed by atoms with Crippen LogP contribution in [0.1, 0.15) is 47.0 Å². The summed E-state index contributed by atoms with van der Waals surface area (Å²) < 4.78 is 0. The Balaban J connectivity index is 2.73. The summed E-state index contributed by atoms with van der Waals surface area (Å²) in [6, 6.07) is 0. The van der Waals surface area contributed by atoms with Gasteiger partial charge in [-0.05, 0) is 44.1 Å². The maximum Gasteiger partial charge on any atom is 0.328 e. The first-order valence-corrected chi connectivity index (χ1v) is 7.46. The van der Waals surface area contributed by atoms with Crippen LogP contribution in [0.3, 0.4) is 0 Å². The Hall–Kier alpha value is -1.83. The molecule has 0 spiro atoms. The quantitative estimate of drug-likeness (QED) is 0.556. The van der Waals surface area contributed by atoms with Crippen molar-refractivity contribution in [1.29, 1.82) is 0 Å². The van der Waals surface area contributed by atoms with E-state index in [2.05, 4.69) is 32.9 Å². The molecular formula is C19H26O2. The molecule has 0 radical (unpaired) electrons. The third-order valence-corrected chi connectivity index (χ3v) is 3.88. The fourth-order valence-electron chi connectivity index (χ4n) is 2.69. The van der Waals surface area contributed by atoms with Gasteiger partial charge in [-0.25, -0.2) is 4.79 Å². The number of hydrogen-bond donors (Lipinski definition) is 1. The summed E-state index contributed by atoms with van der Waals surface area (Å²) in [6.45, 7) is 8.90. The molecule has 0 atom stereocenters. The molecule has 21 heavy (non-hydrogen) atoms. The minimum Gasteiger partial charge on any atom is -0.478 e. The van der Waals surface area contributed by atoms with Gasteiger partial charge in [0.25, 0.3) is 0 Å². The van der Waals surface area contributed by atoms with Gasteiger partial charge in [-0.3, -0.25) is 0 Å². The van der Waals surface area contributed by atoms with Gasteiger partial charge in [-0.2, -0.15) is 0 Å². The summed E-state index contributed by atoms with van der Waals surface area (Å²) in [4.78, 5) is 10.3. The van der Waals surface area contributed by atoms with Crippen LogP contribution in [0.2, 0.25) is 0 Å². The molecule has 0 aliphatic heterocycles. The molecule has 0 aromatic carbocycles. The van der Waals surface area contributed by atoms with E-state index in [9.17, 15) is 4.79 Å². The number of rotatable bonds is 5. The van der Waals surface area contributed by atoms with Crippen LogP contribution >= 0.6 is 0 Å². The Morgan fingerprint density at radius 3 is 2.52 bits per heavy atom. The van der Waals surface area contributed by atoms with Crippen molar-refractivity contribution in [3.05, 3.63) is 59.3 Å². The molecule has 1 rings (SSSR count). The second-order valence-corrected chi connectivity index (χ2v) is 6.26. The zero-order valence-corrected chi connectivity index (χ0v) is 13.5. The predicted molar refractivity (Wildman–Crippen MR) is 89.1 cm³/mol. The third kappa shape index (κ3) is 5.99. The molecule has 1 N–H and O–H groups in total. The largest absolute Gasteiger partial charge is 0.478 e. The number of allylic oxidation sites excluding steroid dienone is 9. The van der Waals surface area contributed by atoms with E-state index >= 15 is 0 Å². The first-order chi connectivity index (χ1) is 9.83. The third-order valence-electron chi connectivity index (χ3n) is 3.88. The Bertz CT molecular complexity index is 526. The highest BCUT2D eigenvalue weighted by Crippen LogP contribution is 2.40. The van der Waals surface area contributed by atoms with Crippen molar-refractivity contribution in [3.8, 4) is 0 Å². The molecule has 0 aromatic rings. The van der Waals surface area contributed by atoms with E-state index < -0.39 is 5.97 Å². The molecule has 0 bridgehead atoms. The molecule has 0 aromatic heterocycles. The molecule has 0 heterocycles. The molecule has 1 aliphatic carbocycles. The van der Waals surface area contributed by atoms with Crippen molar-refractivity contribution in [1.82, 2.24) is 0 Å². The number of hydrogen-bond acceptors (Lipinski definition) is 1. The first-order valence-electron chi connectivity index (χ1n) is 7.46. The fraction of sp³-hybridized carbons (Fsp3) is 0.421. The lowest BCUT2D eigenvalue weighted by atomic mass is 9.72. The van der Waals surface area contributed by atoms with Gasteiger partial charge in [-0.1, -0.05) is 61.4 Å². The van der Waals surface area contributed by atoms with Gasteiger partial charge in [0, 0.05) is 6.08 Å². The van der Waals surface area contributed by atoms with Gasteiger partial charge in [0.05, 0.1) is 0 Å². The van der Waals surface area contributed by atoms with Crippen LogP contribution in [0.15, 0.2) is 59.3 Å². The monoisotopic (exact) mass is 286 g/mol. The van der Waals surface area contributed by atoms with Gasteiger partial charge in [0.2, 0.25) is 0 Å². The van der Waals surface area contributed by atoms with Crippen LogP contribution in [-0.4, -0.2) is 11.1 Å². The van der Waals surface area contributed by atoms with Gasteiger partial charge in [0.1, 0.15) is 0 Å². The van der Waals surface area contributed by atoms with Crippen LogP contribution in [0.4, 0.5) is 0 Å². The van der Waals surface area contributed by atoms with Gasteiger partial charge in [-0.15, -0.1) is 0 Å². The van der Waals surface area contributed by atoms with E-state index in [0.29, 0.717) is 0 Å². The highest BCUT2D eigenvalue weighted by molar-refractivity contribution is 5.80. The number of carbonyl (C=O) groups is 1. The Kier molecular flexibility index (Phi) is 6.41. The average molecular weight is 286 g/mol. The van der Waals surface area contributed by atoms with E-state index in [1.54, 1.807) is 6.08 Å². The summed E-state index contributed by atoms with van der Waals surface area (Å²) in [5, 5.41) is 8.47. The number of carboxylic acid groups (broad SMARTS) is 1. The average Bonchev–Trinajstić information content (AvgIpc) is 2.36. The minimum atomic E-state index is -0.929. The van der Waals surface area contributed by atoms with E-state index in [1.807, 2.05) is 19.1 Å². The molecule has 0 unspecified atom stereocenters. The molecule has 0 amide bonds. The second kappa shape index (κ2) is 7.82. The van der Waals surface area contributed by atoms with E-state index in [4.69, 9.17) is 5.11 Å². The molecule has 2 heteroatoms. The SMILES string of the molecule is CC1=C(/C=C/C(C)=C/C=C/C=C\C(=O)O)C(C)(C)CCC1. The highest BCUT2D eigenvalue weighted by Gasteiger charge is 2.26. The lowest BCUT2D eigenvalue weighted by Gasteiger charge is -2.32. The maximum absolute atomic E-state index is 10.3. The molecule has 2 nitrogen and oxygen atoms in total. The summed E-state index contributed by atoms with van der Waals surface area (Å²) in [5.41, 5.74) is 4.36. The zero-order chi connectivity index (χ0) is 15.9. The van der Waals surface area contributed by atoms with Crippen LogP contribution in [0.5, 0.6) is 0 Å². The van der Waals surface area contributed by atoms with E-state index in [1.165, 1.54) is 36.5 Å². The van der Waals surface area contributed by atoms with Crippen molar-refractivity contribution < 1.29 is 9.90 Å². The summed E-state index contributed by atoms with van der Waals surface area (Å²) in [7, 11) is 0. The van der Waals surface area contributed by atoms with Crippen molar-refractivity contribution in [2.45, 2.75) is 47.0 Å². The lowest BCUT2D eigenvalue weighted by molar-refractivity contribution is -0.131.